The van der Waals surface area contributed by atoms with Crippen molar-refractivity contribution in [2.75, 3.05) is 11.4 Å². The highest BCUT2D eigenvalue weighted by molar-refractivity contribution is 7.92. The molecule has 2 rings (SSSR count). The van der Waals surface area contributed by atoms with Crippen molar-refractivity contribution >= 4 is 32.9 Å². The van der Waals surface area contributed by atoms with E-state index in [-0.39, 0.29) is 9.88 Å². The maximum atomic E-state index is 12.9. The van der Waals surface area contributed by atoms with Gasteiger partial charge in [-0.1, -0.05) is 24.4 Å². The average Bonchev–Trinajstić information content (AvgIpc) is 2.46. The zero-order chi connectivity index (χ0) is 15.6. The van der Waals surface area contributed by atoms with Gasteiger partial charge in [-0.15, -0.1) is 0 Å². The van der Waals surface area contributed by atoms with E-state index in [2.05, 4.69) is 0 Å². The molecule has 0 radical (unpaired) electrons. The molecule has 110 valence electrons. The highest BCUT2D eigenvalue weighted by Gasteiger charge is 2.23. The smallest absolute Gasteiger partial charge is 0.264 e. The Morgan fingerprint density at radius 1 is 1.14 bits per heavy atom. The second-order valence-electron chi connectivity index (χ2n) is 4.31. The van der Waals surface area contributed by atoms with Gasteiger partial charge in [0.15, 0.2) is 0 Å². The Hall–Kier alpha value is -1.99. The SMILES string of the molecule is CN(c1ccccc1C(N)=S)S(=O)(=O)c1ccc(F)cc1. The third-order valence-electron chi connectivity index (χ3n) is 2.98. The van der Waals surface area contributed by atoms with Gasteiger partial charge in [-0.05, 0) is 36.4 Å². The van der Waals surface area contributed by atoms with Crippen molar-refractivity contribution in [2.45, 2.75) is 4.90 Å². The van der Waals surface area contributed by atoms with Crippen LogP contribution in [-0.4, -0.2) is 20.5 Å². The molecule has 7 heteroatoms. The van der Waals surface area contributed by atoms with Crippen LogP contribution in [-0.2, 0) is 10.0 Å². The Morgan fingerprint density at radius 2 is 1.71 bits per heavy atom. The molecular formula is C14H13FN2O2S2. The van der Waals surface area contributed by atoms with Crippen molar-refractivity contribution in [3.05, 3.63) is 59.9 Å². The molecule has 0 aromatic heterocycles. The number of halogens is 1. The van der Waals surface area contributed by atoms with E-state index in [0.29, 0.717) is 11.3 Å². The van der Waals surface area contributed by atoms with Crippen LogP contribution in [0.5, 0.6) is 0 Å². The standard InChI is InChI=1S/C14H13FN2O2S2/c1-17(13-5-3-2-4-12(13)14(16)20)21(18,19)11-8-6-10(15)7-9-11/h2-9H,1H3,(H2,16,20). The molecular weight excluding hydrogens is 311 g/mol. The van der Waals surface area contributed by atoms with Crippen LogP contribution in [0.4, 0.5) is 10.1 Å². The number of benzene rings is 2. The van der Waals surface area contributed by atoms with Crippen LogP contribution in [0.2, 0.25) is 0 Å². The number of thiocarbonyl (C=S) groups is 1. The maximum Gasteiger partial charge on any atom is 0.264 e. The molecule has 0 saturated carbocycles. The Morgan fingerprint density at radius 3 is 2.29 bits per heavy atom. The molecule has 4 nitrogen and oxygen atoms in total. The molecule has 0 heterocycles. The van der Waals surface area contributed by atoms with E-state index < -0.39 is 15.8 Å². The molecule has 0 unspecified atom stereocenters. The van der Waals surface area contributed by atoms with Gasteiger partial charge in [-0.25, -0.2) is 12.8 Å². The van der Waals surface area contributed by atoms with Gasteiger partial charge in [0, 0.05) is 12.6 Å². The molecule has 0 aliphatic carbocycles. The van der Waals surface area contributed by atoms with Gasteiger partial charge in [0.2, 0.25) is 0 Å². The Kier molecular flexibility index (Phi) is 4.24. The zero-order valence-electron chi connectivity index (χ0n) is 11.2. The van der Waals surface area contributed by atoms with Crippen molar-refractivity contribution in [1.82, 2.24) is 0 Å². The number of hydrogen-bond acceptors (Lipinski definition) is 3. The molecule has 0 spiro atoms. The second kappa shape index (κ2) is 5.79. The third-order valence-corrected chi connectivity index (χ3v) is 4.99. The van der Waals surface area contributed by atoms with Crippen LogP contribution in [0.25, 0.3) is 0 Å². The lowest BCUT2D eigenvalue weighted by Crippen LogP contribution is -2.28. The molecule has 0 aliphatic rings. The predicted octanol–water partition coefficient (Wildman–Crippen LogP) is 2.29. The number of para-hydroxylation sites is 1. The summed E-state index contributed by atoms with van der Waals surface area (Å²) in [4.78, 5) is 0.0934. The number of anilines is 1. The van der Waals surface area contributed by atoms with Crippen LogP contribution >= 0.6 is 12.2 Å². The van der Waals surface area contributed by atoms with Crippen molar-refractivity contribution in [2.24, 2.45) is 5.73 Å². The van der Waals surface area contributed by atoms with Crippen LogP contribution in [0.1, 0.15) is 5.56 Å². The number of hydrogen-bond donors (Lipinski definition) is 1. The second-order valence-corrected chi connectivity index (χ2v) is 6.72. The highest BCUT2D eigenvalue weighted by Crippen LogP contribution is 2.25. The largest absolute Gasteiger partial charge is 0.389 e. The van der Waals surface area contributed by atoms with Gasteiger partial charge in [0.1, 0.15) is 10.8 Å². The molecule has 0 saturated heterocycles. The lowest BCUT2D eigenvalue weighted by molar-refractivity contribution is 0.593. The number of sulfonamides is 1. The summed E-state index contributed by atoms with van der Waals surface area (Å²) in [5.74, 6) is -0.500. The van der Waals surface area contributed by atoms with Gasteiger partial charge < -0.3 is 5.73 Å². The first-order chi connectivity index (χ1) is 9.84. The molecule has 0 aliphatic heterocycles. The number of nitrogens with zero attached hydrogens (tertiary/aromatic N) is 1. The van der Waals surface area contributed by atoms with E-state index in [1.54, 1.807) is 24.3 Å². The number of rotatable bonds is 4. The summed E-state index contributed by atoms with van der Waals surface area (Å²) in [5.41, 5.74) is 6.44. The monoisotopic (exact) mass is 324 g/mol. The summed E-state index contributed by atoms with van der Waals surface area (Å²) >= 11 is 4.93. The first kappa shape index (κ1) is 15.4. The summed E-state index contributed by atoms with van der Waals surface area (Å²) in [6, 6.07) is 11.3. The summed E-state index contributed by atoms with van der Waals surface area (Å²) in [7, 11) is -2.41. The quantitative estimate of drug-likeness (QED) is 0.877. The minimum absolute atomic E-state index is 0.0101. The predicted molar refractivity (Wildman–Crippen MR) is 84.3 cm³/mol. The van der Waals surface area contributed by atoms with Crippen molar-refractivity contribution < 1.29 is 12.8 Å². The fourth-order valence-corrected chi connectivity index (χ4v) is 3.24. The summed E-state index contributed by atoms with van der Waals surface area (Å²) < 4.78 is 39.1. The van der Waals surface area contributed by atoms with Crippen molar-refractivity contribution in [3.8, 4) is 0 Å². The van der Waals surface area contributed by atoms with E-state index in [1.807, 2.05) is 0 Å². The van der Waals surface area contributed by atoms with Crippen molar-refractivity contribution in [1.29, 1.82) is 0 Å². The lowest BCUT2D eigenvalue weighted by atomic mass is 10.2. The summed E-state index contributed by atoms with van der Waals surface area (Å²) in [6.07, 6.45) is 0. The highest BCUT2D eigenvalue weighted by atomic mass is 32.2. The topological polar surface area (TPSA) is 63.4 Å². The minimum atomic E-state index is -3.81. The average molecular weight is 324 g/mol. The lowest BCUT2D eigenvalue weighted by Gasteiger charge is -2.22. The molecule has 0 fully saturated rings. The fraction of sp³-hybridized carbons (Fsp3) is 0.0714. The molecule has 2 N–H and O–H groups in total. The molecule has 2 aromatic carbocycles. The molecule has 21 heavy (non-hydrogen) atoms. The number of nitrogens with two attached hydrogens (primary N) is 1. The van der Waals surface area contributed by atoms with Crippen LogP contribution < -0.4 is 10.0 Å². The van der Waals surface area contributed by atoms with Gasteiger partial charge in [0.25, 0.3) is 10.0 Å². The first-order valence-corrected chi connectivity index (χ1v) is 7.82. The third kappa shape index (κ3) is 3.03. The Labute approximate surface area is 128 Å². The summed E-state index contributed by atoms with van der Waals surface area (Å²) in [6.45, 7) is 0. The van der Waals surface area contributed by atoms with Gasteiger partial charge in [-0.3, -0.25) is 4.31 Å². The Bertz CT molecular complexity index is 774. The normalized spacial score (nSPS) is 11.1. The van der Waals surface area contributed by atoms with E-state index in [9.17, 15) is 12.8 Å². The molecule has 0 amide bonds. The van der Waals surface area contributed by atoms with Crippen LogP contribution in [0.3, 0.4) is 0 Å². The Balaban J connectivity index is 2.51. The molecule has 0 atom stereocenters. The van der Waals surface area contributed by atoms with E-state index in [1.165, 1.54) is 19.2 Å². The van der Waals surface area contributed by atoms with Crippen molar-refractivity contribution in [3.63, 3.8) is 0 Å². The van der Waals surface area contributed by atoms with Gasteiger partial charge >= 0.3 is 0 Å². The van der Waals surface area contributed by atoms with E-state index >= 15 is 0 Å². The zero-order valence-corrected chi connectivity index (χ0v) is 12.8. The maximum absolute atomic E-state index is 12.9. The van der Waals surface area contributed by atoms with E-state index in [4.69, 9.17) is 18.0 Å². The first-order valence-electron chi connectivity index (χ1n) is 5.97. The fourth-order valence-electron chi connectivity index (χ4n) is 1.85. The minimum Gasteiger partial charge on any atom is -0.389 e. The van der Waals surface area contributed by atoms with Gasteiger partial charge in [0.05, 0.1) is 10.6 Å². The molecule has 0 bridgehead atoms. The molecule has 2 aromatic rings. The van der Waals surface area contributed by atoms with Crippen LogP contribution in [0, 0.1) is 5.82 Å². The van der Waals surface area contributed by atoms with Gasteiger partial charge in [-0.2, -0.15) is 0 Å². The van der Waals surface area contributed by atoms with E-state index in [0.717, 1.165) is 16.4 Å². The van der Waals surface area contributed by atoms with Crippen LogP contribution in [0.15, 0.2) is 53.4 Å². The summed E-state index contributed by atoms with van der Waals surface area (Å²) in [5, 5.41) is 0.